The van der Waals surface area contributed by atoms with Crippen molar-refractivity contribution in [2.45, 2.75) is 59.7 Å². The Bertz CT molecular complexity index is 393. The molecule has 1 N–H and O–H groups in total. The normalized spacial score (nSPS) is 12.9. The molecule has 114 valence electrons. The molecular formula is C17H28FNO. The van der Waals surface area contributed by atoms with Crippen LogP contribution >= 0.6 is 0 Å². The topological polar surface area (TPSA) is 21.3 Å². The third-order valence-electron chi connectivity index (χ3n) is 3.27. The molecule has 0 amide bonds. The van der Waals surface area contributed by atoms with Crippen LogP contribution < -0.4 is 5.32 Å². The van der Waals surface area contributed by atoms with Gasteiger partial charge in [0.2, 0.25) is 0 Å². The van der Waals surface area contributed by atoms with E-state index in [4.69, 9.17) is 4.74 Å². The fourth-order valence-corrected chi connectivity index (χ4v) is 2.12. The Morgan fingerprint density at radius 2 is 2.00 bits per heavy atom. The van der Waals surface area contributed by atoms with Crippen molar-refractivity contribution in [2.75, 3.05) is 6.61 Å². The lowest BCUT2D eigenvalue weighted by Gasteiger charge is -2.13. The molecule has 1 rings (SSSR count). The minimum atomic E-state index is -0.179. The van der Waals surface area contributed by atoms with E-state index in [0.29, 0.717) is 30.7 Å². The van der Waals surface area contributed by atoms with Gasteiger partial charge in [0, 0.05) is 24.8 Å². The molecule has 1 unspecified atom stereocenters. The van der Waals surface area contributed by atoms with E-state index in [2.05, 4.69) is 33.0 Å². The van der Waals surface area contributed by atoms with Gasteiger partial charge in [0.05, 0.1) is 6.61 Å². The van der Waals surface area contributed by atoms with Crippen LogP contribution in [0.15, 0.2) is 18.2 Å². The fraction of sp³-hybridized carbons (Fsp3) is 0.647. The van der Waals surface area contributed by atoms with E-state index >= 15 is 0 Å². The van der Waals surface area contributed by atoms with E-state index in [0.717, 1.165) is 24.9 Å². The van der Waals surface area contributed by atoms with Crippen LogP contribution in [-0.2, 0) is 17.9 Å². The lowest BCUT2D eigenvalue weighted by Crippen LogP contribution is -2.21. The number of rotatable bonds is 9. The lowest BCUT2D eigenvalue weighted by molar-refractivity contribution is 0.0874. The van der Waals surface area contributed by atoms with Gasteiger partial charge in [-0.2, -0.15) is 0 Å². The molecule has 1 aromatic carbocycles. The highest BCUT2D eigenvalue weighted by atomic mass is 19.1. The molecule has 0 radical (unpaired) electrons. The van der Waals surface area contributed by atoms with Gasteiger partial charge in [-0.15, -0.1) is 0 Å². The average molecular weight is 281 g/mol. The van der Waals surface area contributed by atoms with Crippen molar-refractivity contribution in [3.63, 3.8) is 0 Å². The van der Waals surface area contributed by atoms with Crippen LogP contribution in [0, 0.1) is 11.7 Å². The van der Waals surface area contributed by atoms with Crippen LogP contribution in [0.2, 0.25) is 0 Å². The Morgan fingerprint density at radius 3 is 2.65 bits per heavy atom. The molecular weight excluding hydrogens is 253 g/mol. The van der Waals surface area contributed by atoms with Gasteiger partial charge in [-0.25, -0.2) is 4.39 Å². The Hall–Kier alpha value is -0.930. The summed E-state index contributed by atoms with van der Waals surface area (Å²) in [6.45, 7) is 10.4. The maximum atomic E-state index is 13.7. The molecule has 1 aromatic rings. The zero-order chi connectivity index (χ0) is 15.0. The molecule has 0 aliphatic carbocycles. The number of benzene rings is 1. The van der Waals surface area contributed by atoms with E-state index in [1.54, 1.807) is 0 Å². The van der Waals surface area contributed by atoms with Crippen LogP contribution in [0.3, 0.4) is 0 Å². The van der Waals surface area contributed by atoms with E-state index in [1.165, 1.54) is 6.07 Å². The predicted molar refractivity (Wildman–Crippen MR) is 82.1 cm³/mol. The molecule has 0 aromatic heterocycles. The van der Waals surface area contributed by atoms with E-state index < -0.39 is 0 Å². The van der Waals surface area contributed by atoms with Gasteiger partial charge in [-0.3, -0.25) is 0 Å². The van der Waals surface area contributed by atoms with Crippen molar-refractivity contribution in [1.82, 2.24) is 5.32 Å². The molecule has 0 aliphatic heterocycles. The van der Waals surface area contributed by atoms with Crippen LogP contribution in [0.4, 0.5) is 4.39 Å². The van der Waals surface area contributed by atoms with Gasteiger partial charge in [0.1, 0.15) is 5.82 Å². The third-order valence-corrected chi connectivity index (χ3v) is 3.27. The highest BCUT2D eigenvalue weighted by molar-refractivity contribution is 5.24. The number of nitrogens with one attached hydrogen (secondary N) is 1. The van der Waals surface area contributed by atoms with Gasteiger partial charge >= 0.3 is 0 Å². The monoisotopic (exact) mass is 281 g/mol. The Morgan fingerprint density at radius 1 is 1.25 bits per heavy atom. The first kappa shape index (κ1) is 17.1. The van der Waals surface area contributed by atoms with E-state index in [9.17, 15) is 4.39 Å². The Kier molecular flexibility index (Phi) is 7.78. The summed E-state index contributed by atoms with van der Waals surface area (Å²) in [6, 6.07) is 5.68. The standard InChI is InChI=1S/C17H28FNO/c1-5-6-14(4)11-20-12-16-9-15(7-8-17(16)18)10-19-13(2)3/h7-9,13-14,19H,5-6,10-12H2,1-4H3. The van der Waals surface area contributed by atoms with Crippen molar-refractivity contribution in [3.8, 4) is 0 Å². The first-order valence-corrected chi connectivity index (χ1v) is 7.61. The first-order valence-electron chi connectivity index (χ1n) is 7.61. The Labute approximate surface area is 122 Å². The molecule has 0 heterocycles. The summed E-state index contributed by atoms with van der Waals surface area (Å²) in [5, 5.41) is 3.34. The van der Waals surface area contributed by atoms with Crippen LogP contribution in [0.25, 0.3) is 0 Å². The predicted octanol–water partition coefficient (Wildman–Crippen LogP) is 4.28. The molecule has 0 saturated carbocycles. The summed E-state index contributed by atoms with van der Waals surface area (Å²) < 4.78 is 19.4. The highest BCUT2D eigenvalue weighted by Crippen LogP contribution is 2.13. The molecule has 20 heavy (non-hydrogen) atoms. The molecule has 2 nitrogen and oxygen atoms in total. The molecule has 3 heteroatoms. The summed E-state index contributed by atoms with van der Waals surface area (Å²) in [5.41, 5.74) is 1.75. The van der Waals surface area contributed by atoms with Gasteiger partial charge in [-0.1, -0.05) is 40.2 Å². The summed E-state index contributed by atoms with van der Waals surface area (Å²) in [5.74, 6) is 0.357. The van der Waals surface area contributed by atoms with Gasteiger partial charge in [-0.05, 0) is 30.0 Å². The summed E-state index contributed by atoms with van der Waals surface area (Å²) in [6.07, 6.45) is 2.32. The second-order valence-corrected chi connectivity index (χ2v) is 5.87. The summed E-state index contributed by atoms with van der Waals surface area (Å²) in [4.78, 5) is 0. The van der Waals surface area contributed by atoms with Gasteiger partial charge in [0.25, 0.3) is 0 Å². The second-order valence-electron chi connectivity index (χ2n) is 5.87. The molecule has 0 spiro atoms. The number of hydrogen-bond donors (Lipinski definition) is 1. The first-order chi connectivity index (χ1) is 9.52. The number of halogens is 1. The highest BCUT2D eigenvalue weighted by Gasteiger charge is 2.06. The number of hydrogen-bond acceptors (Lipinski definition) is 2. The molecule has 0 aliphatic rings. The SMILES string of the molecule is CCCC(C)COCc1cc(CNC(C)C)ccc1F. The zero-order valence-electron chi connectivity index (χ0n) is 13.2. The average Bonchev–Trinajstić information content (AvgIpc) is 2.39. The largest absolute Gasteiger partial charge is 0.376 e. The Balaban J connectivity index is 2.49. The van der Waals surface area contributed by atoms with Crippen molar-refractivity contribution in [2.24, 2.45) is 5.92 Å². The lowest BCUT2D eigenvalue weighted by atomic mass is 10.1. The maximum Gasteiger partial charge on any atom is 0.128 e. The van der Waals surface area contributed by atoms with E-state index in [1.807, 2.05) is 12.1 Å². The smallest absolute Gasteiger partial charge is 0.128 e. The van der Waals surface area contributed by atoms with E-state index in [-0.39, 0.29) is 5.82 Å². The van der Waals surface area contributed by atoms with Gasteiger partial charge in [0.15, 0.2) is 0 Å². The fourth-order valence-electron chi connectivity index (χ4n) is 2.12. The van der Waals surface area contributed by atoms with Crippen LogP contribution in [-0.4, -0.2) is 12.6 Å². The minimum Gasteiger partial charge on any atom is -0.376 e. The summed E-state index contributed by atoms with van der Waals surface area (Å²) in [7, 11) is 0. The maximum absolute atomic E-state index is 13.7. The van der Waals surface area contributed by atoms with Crippen molar-refractivity contribution in [1.29, 1.82) is 0 Å². The summed E-state index contributed by atoms with van der Waals surface area (Å²) >= 11 is 0. The molecule has 0 fully saturated rings. The van der Waals surface area contributed by atoms with Gasteiger partial charge < -0.3 is 10.1 Å². The molecule has 1 atom stereocenters. The zero-order valence-corrected chi connectivity index (χ0v) is 13.2. The molecule has 0 saturated heterocycles. The third kappa shape index (κ3) is 6.49. The van der Waals surface area contributed by atoms with Crippen molar-refractivity contribution < 1.29 is 9.13 Å². The second kappa shape index (κ2) is 9.09. The van der Waals surface area contributed by atoms with Crippen LogP contribution in [0.1, 0.15) is 51.7 Å². The van der Waals surface area contributed by atoms with Crippen molar-refractivity contribution in [3.05, 3.63) is 35.1 Å². The quantitative estimate of drug-likeness (QED) is 0.729. The van der Waals surface area contributed by atoms with Crippen molar-refractivity contribution >= 4 is 0 Å². The minimum absolute atomic E-state index is 0.179. The number of ether oxygens (including phenoxy) is 1. The van der Waals surface area contributed by atoms with Crippen LogP contribution in [0.5, 0.6) is 0 Å². The molecule has 0 bridgehead atoms.